The zero-order chi connectivity index (χ0) is 21.8. The molecular formula is C26H36O3S. The molecule has 0 heterocycles. The number of rotatable bonds is 8. The van der Waals surface area contributed by atoms with Crippen molar-refractivity contribution in [2.24, 2.45) is 11.8 Å². The van der Waals surface area contributed by atoms with E-state index in [4.69, 9.17) is 0 Å². The topological polar surface area (TPSA) is 54.4 Å². The second-order valence-corrected chi connectivity index (χ2v) is 12.0. The molecule has 1 aliphatic rings. The summed E-state index contributed by atoms with van der Waals surface area (Å²) in [5.41, 5.74) is 2.11. The van der Waals surface area contributed by atoms with Gasteiger partial charge in [0.15, 0.2) is 9.84 Å². The maximum atomic E-state index is 12.2. The van der Waals surface area contributed by atoms with Crippen LogP contribution in [-0.4, -0.2) is 24.5 Å². The maximum absolute atomic E-state index is 12.2. The average molecular weight is 429 g/mol. The molecule has 0 bridgehead atoms. The summed E-state index contributed by atoms with van der Waals surface area (Å²) in [5.74, 6) is 1.39. The molecule has 1 fully saturated rings. The van der Waals surface area contributed by atoms with E-state index in [1.165, 1.54) is 5.56 Å². The highest BCUT2D eigenvalue weighted by Crippen LogP contribution is 2.33. The Morgan fingerprint density at radius 2 is 1.43 bits per heavy atom. The molecule has 2 aromatic rings. The molecule has 30 heavy (non-hydrogen) atoms. The van der Waals surface area contributed by atoms with E-state index < -0.39 is 15.4 Å². The third-order valence-electron chi connectivity index (χ3n) is 6.85. The predicted molar refractivity (Wildman–Crippen MR) is 124 cm³/mol. The number of hydrogen-bond donors (Lipinski definition) is 1. The van der Waals surface area contributed by atoms with Crippen molar-refractivity contribution in [2.45, 2.75) is 70.1 Å². The average Bonchev–Trinajstić information content (AvgIpc) is 2.74. The molecule has 0 spiro atoms. The lowest BCUT2D eigenvalue weighted by atomic mass is 9.80. The van der Waals surface area contributed by atoms with Crippen LogP contribution in [0.2, 0.25) is 0 Å². The Morgan fingerprint density at radius 3 is 2.00 bits per heavy atom. The van der Waals surface area contributed by atoms with E-state index in [0.717, 1.165) is 49.7 Å². The number of benzene rings is 2. The molecule has 1 aliphatic carbocycles. The van der Waals surface area contributed by atoms with Crippen molar-refractivity contribution in [3.63, 3.8) is 0 Å². The minimum Gasteiger partial charge on any atom is -0.381 e. The standard InChI is InChI=1S/C26H36O3S/c1-20(2)30(28,29)19-23-13-11-21(12-14-23)9-10-22-15-17-25(18-16-22)26(3,27)24-7-5-4-6-8-24/h4-8,15-18,20-21,23,27H,9-14,19H2,1-3H3. The molecule has 3 nitrogen and oxygen atoms in total. The minimum absolute atomic E-state index is 0.263. The summed E-state index contributed by atoms with van der Waals surface area (Å²) in [6, 6.07) is 18.1. The van der Waals surface area contributed by atoms with E-state index in [1.807, 2.05) is 49.4 Å². The van der Waals surface area contributed by atoms with Crippen molar-refractivity contribution < 1.29 is 13.5 Å². The van der Waals surface area contributed by atoms with Crippen LogP contribution in [0.1, 0.15) is 69.6 Å². The Labute approximate surface area is 182 Å². The van der Waals surface area contributed by atoms with Crippen LogP contribution < -0.4 is 0 Å². The molecule has 1 unspecified atom stereocenters. The zero-order valence-corrected chi connectivity index (χ0v) is 19.4. The molecule has 0 saturated heterocycles. The fraction of sp³-hybridized carbons (Fsp3) is 0.538. The summed E-state index contributed by atoms with van der Waals surface area (Å²) in [6.07, 6.45) is 6.54. The van der Waals surface area contributed by atoms with Gasteiger partial charge in [0.1, 0.15) is 5.60 Å². The summed E-state index contributed by atoms with van der Waals surface area (Å²) in [6.45, 7) is 5.41. The Kier molecular flexibility index (Phi) is 7.41. The summed E-state index contributed by atoms with van der Waals surface area (Å²) in [4.78, 5) is 0. The fourth-order valence-corrected chi connectivity index (χ4v) is 5.88. The van der Waals surface area contributed by atoms with Gasteiger partial charge < -0.3 is 5.11 Å². The van der Waals surface area contributed by atoms with Crippen molar-refractivity contribution >= 4 is 9.84 Å². The van der Waals surface area contributed by atoms with Crippen LogP contribution in [0.25, 0.3) is 0 Å². The number of aryl methyl sites for hydroxylation is 1. The minimum atomic E-state index is -2.93. The van der Waals surface area contributed by atoms with Crippen LogP contribution >= 0.6 is 0 Å². The lowest BCUT2D eigenvalue weighted by molar-refractivity contribution is 0.102. The summed E-state index contributed by atoms with van der Waals surface area (Å²) >= 11 is 0. The normalized spacial score (nSPS) is 22.0. The molecule has 0 radical (unpaired) electrons. The van der Waals surface area contributed by atoms with Crippen LogP contribution in [0.4, 0.5) is 0 Å². The van der Waals surface area contributed by atoms with Gasteiger partial charge >= 0.3 is 0 Å². The van der Waals surface area contributed by atoms with Gasteiger partial charge in [0, 0.05) is 0 Å². The molecule has 0 aromatic heterocycles. The van der Waals surface area contributed by atoms with Gasteiger partial charge in [-0.25, -0.2) is 8.42 Å². The quantitative estimate of drug-likeness (QED) is 0.604. The summed E-state index contributed by atoms with van der Waals surface area (Å²) in [7, 11) is -2.93. The van der Waals surface area contributed by atoms with Gasteiger partial charge in [-0.05, 0) is 75.0 Å². The Balaban J connectivity index is 1.49. The fourth-order valence-electron chi connectivity index (χ4n) is 4.50. The zero-order valence-electron chi connectivity index (χ0n) is 18.5. The largest absolute Gasteiger partial charge is 0.381 e. The monoisotopic (exact) mass is 428 g/mol. The van der Waals surface area contributed by atoms with Gasteiger partial charge in [-0.3, -0.25) is 0 Å². The lowest BCUT2D eigenvalue weighted by Crippen LogP contribution is -2.26. The predicted octanol–water partition coefficient (Wildman–Crippen LogP) is 5.50. The van der Waals surface area contributed by atoms with Crippen molar-refractivity contribution in [1.82, 2.24) is 0 Å². The molecular weight excluding hydrogens is 392 g/mol. The number of hydrogen-bond acceptors (Lipinski definition) is 3. The van der Waals surface area contributed by atoms with Crippen LogP contribution in [0.15, 0.2) is 54.6 Å². The van der Waals surface area contributed by atoms with Gasteiger partial charge in [0.25, 0.3) is 0 Å². The van der Waals surface area contributed by atoms with Gasteiger partial charge in [-0.15, -0.1) is 0 Å². The smallest absolute Gasteiger partial charge is 0.152 e. The maximum Gasteiger partial charge on any atom is 0.152 e. The summed E-state index contributed by atoms with van der Waals surface area (Å²) < 4.78 is 24.3. The third kappa shape index (κ3) is 5.73. The van der Waals surface area contributed by atoms with E-state index in [1.54, 1.807) is 13.8 Å². The number of sulfone groups is 1. The SMILES string of the molecule is CC(C)S(=O)(=O)CC1CCC(CCc2ccc(C(C)(O)c3ccccc3)cc2)CC1. The second kappa shape index (κ2) is 9.65. The molecule has 0 amide bonds. The van der Waals surface area contributed by atoms with Crippen molar-refractivity contribution in [3.05, 3.63) is 71.3 Å². The first-order valence-corrected chi connectivity index (χ1v) is 13.0. The first-order valence-electron chi connectivity index (χ1n) is 11.3. The molecule has 1 atom stereocenters. The molecule has 3 rings (SSSR count). The van der Waals surface area contributed by atoms with Crippen molar-refractivity contribution in [1.29, 1.82) is 0 Å². The molecule has 1 N–H and O–H groups in total. The highest BCUT2D eigenvalue weighted by molar-refractivity contribution is 7.91. The van der Waals surface area contributed by atoms with Crippen LogP contribution in [-0.2, 0) is 21.9 Å². The molecule has 164 valence electrons. The van der Waals surface area contributed by atoms with Crippen LogP contribution in [0.5, 0.6) is 0 Å². The van der Waals surface area contributed by atoms with E-state index in [-0.39, 0.29) is 5.25 Å². The first-order chi connectivity index (χ1) is 14.2. The third-order valence-corrected chi connectivity index (χ3v) is 9.22. The molecule has 0 aliphatic heterocycles. The molecule has 4 heteroatoms. The lowest BCUT2D eigenvalue weighted by Gasteiger charge is -2.29. The highest BCUT2D eigenvalue weighted by atomic mass is 32.2. The number of aliphatic hydroxyl groups is 1. The van der Waals surface area contributed by atoms with Crippen LogP contribution in [0, 0.1) is 11.8 Å². The Hall–Kier alpha value is -1.65. The second-order valence-electron chi connectivity index (χ2n) is 9.44. The van der Waals surface area contributed by atoms with Crippen molar-refractivity contribution in [2.75, 3.05) is 5.75 Å². The summed E-state index contributed by atoms with van der Waals surface area (Å²) in [5, 5.41) is 10.7. The highest BCUT2D eigenvalue weighted by Gasteiger charge is 2.27. The van der Waals surface area contributed by atoms with Gasteiger partial charge in [-0.1, -0.05) is 67.4 Å². The van der Waals surface area contributed by atoms with E-state index in [2.05, 4.69) is 12.1 Å². The van der Waals surface area contributed by atoms with E-state index in [9.17, 15) is 13.5 Å². The van der Waals surface area contributed by atoms with E-state index >= 15 is 0 Å². The van der Waals surface area contributed by atoms with E-state index in [0.29, 0.717) is 17.6 Å². The van der Waals surface area contributed by atoms with Crippen molar-refractivity contribution in [3.8, 4) is 0 Å². The van der Waals surface area contributed by atoms with Gasteiger partial charge in [0.05, 0.1) is 11.0 Å². The first kappa shape index (κ1) is 23.0. The Bertz CT molecular complexity index is 891. The molecule has 1 saturated carbocycles. The molecule has 2 aromatic carbocycles. The Morgan fingerprint density at radius 1 is 0.900 bits per heavy atom. The van der Waals surface area contributed by atoms with Gasteiger partial charge in [0.2, 0.25) is 0 Å². The van der Waals surface area contributed by atoms with Crippen LogP contribution in [0.3, 0.4) is 0 Å². The van der Waals surface area contributed by atoms with Gasteiger partial charge in [-0.2, -0.15) is 0 Å².